The molecule has 0 saturated heterocycles. The molecule has 0 bridgehead atoms. The van der Waals surface area contributed by atoms with Gasteiger partial charge < -0.3 is 15.2 Å². The van der Waals surface area contributed by atoms with E-state index in [0.29, 0.717) is 19.0 Å². The number of rotatable bonds is 7. The zero-order valence-electron chi connectivity index (χ0n) is 14.6. The average molecular weight is 344 g/mol. The zero-order valence-corrected chi connectivity index (χ0v) is 15.4. The standard InChI is InChI=1S/C14H28N6O2S/c1-6-12-19-18-11-20(12)9-7-16-13(15-5)17-8-10-23(21,22)14(2,3)4/h11H,6-10H2,1-5H3,(H2,15,16,17). The number of aromatic nitrogens is 3. The highest BCUT2D eigenvalue weighted by atomic mass is 32.2. The van der Waals surface area contributed by atoms with E-state index in [9.17, 15) is 8.42 Å². The Morgan fingerprint density at radius 2 is 1.96 bits per heavy atom. The second kappa shape index (κ2) is 8.28. The first kappa shape index (κ1) is 19.4. The lowest BCUT2D eigenvalue weighted by Crippen LogP contribution is -2.42. The van der Waals surface area contributed by atoms with Gasteiger partial charge >= 0.3 is 0 Å². The SMILES string of the molecule is CCc1nncn1CCNC(=NC)NCCS(=O)(=O)C(C)(C)C. The molecule has 0 radical (unpaired) electrons. The topological polar surface area (TPSA) is 101 Å². The van der Waals surface area contributed by atoms with Crippen LogP contribution in [0.25, 0.3) is 0 Å². The number of sulfone groups is 1. The number of aliphatic imine (C=N–C) groups is 1. The zero-order chi connectivity index (χ0) is 17.5. The van der Waals surface area contributed by atoms with Crippen molar-refractivity contribution >= 4 is 15.8 Å². The molecular formula is C14H28N6O2S. The van der Waals surface area contributed by atoms with Crippen molar-refractivity contribution in [3.8, 4) is 0 Å². The molecule has 0 unspecified atom stereocenters. The van der Waals surface area contributed by atoms with Gasteiger partial charge in [-0.1, -0.05) is 6.92 Å². The van der Waals surface area contributed by atoms with Gasteiger partial charge in [-0.25, -0.2) is 8.42 Å². The molecule has 0 aliphatic rings. The van der Waals surface area contributed by atoms with E-state index in [4.69, 9.17) is 0 Å². The highest BCUT2D eigenvalue weighted by Crippen LogP contribution is 2.15. The summed E-state index contributed by atoms with van der Waals surface area (Å²) in [6, 6.07) is 0. The van der Waals surface area contributed by atoms with E-state index in [-0.39, 0.29) is 5.75 Å². The van der Waals surface area contributed by atoms with Crippen molar-refractivity contribution in [1.29, 1.82) is 0 Å². The van der Waals surface area contributed by atoms with Crippen molar-refractivity contribution in [3.63, 3.8) is 0 Å². The van der Waals surface area contributed by atoms with Crippen LogP contribution in [0.4, 0.5) is 0 Å². The van der Waals surface area contributed by atoms with Crippen LogP contribution in [0.1, 0.15) is 33.5 Å². The number of nitrogens with zero attached hydrogens (tertiary/aromatic N) is 4. The molecule has 1 rings (SSSR count). The van der Waals surface area contributed by atoms with Gasteiger partial charge in [0, 0.05) is 33.1 Å². The van der Waals surface area contributed by atoms with Crippen molar-refractivity contribution < 1.29 is 8.42 Å². The first-order chi connectivity index (χ1) is 10.7. The molecule has 23 heavy (non-hydrogen) atoms. The van der Waals surface area contributed by atoms with E-state index >= 15 is 0 Å². The Hall–Kier alpha value is -1.64. The Kier molecular flexibility index (Phi) is 6.99. The molecule has 0 aliphatic carbocycles. The predicted molar refractivity (Wildman–Crippen MR) is 92.3 cm³/mol. The summed E-state index contributed by atoms with van der Waals surface area (Å²) in [6.45, 7) is 8.85. The van der Waals surface area contributed by atoms with E-state index in [1.807, 2.05) is 11.5 Å². The highest BCUT2D eigenvalue weighted by molar-refractivity contribution is 7.92. The lowest BCUT2D eigenvalue weighted by molar-refractivity contribution is 0.558. The van der Waals surface area contributed by atoms with Crippen LogP contribution in [0, 0.1) is 0 Å². The van der Waals surface area contributed by atoms with Gasteiger partial charge in [0.15, 0.2) is 15.8 Å². The number of guanidine groups is 1. The van der Waals surface area contributed by atoms with Crippen molar-refractivity contribution in [3.05, 3.63) is 12.2 Å². The predicted octanol–water partition coefficient (Wildman–Crippen LogP) is 0.219. The summed E-state index contributed by atoms with van der Waals surface area (Å²) < 4.78 is 25.3. The van der Waals surface area contributed by atoms with Gasteiger partial charge in [-0.15, -0.1) is 10.2 Å². The maximum Gasteiger partial charge on any atom is 0.191 e. The molecule has 0 atom stereocenters. The Morgan fingerprint density at radius 1 is 1.30 bits per heavy atom. The summed E-state index contributed by atoms with van der Waals surface area (Å²) in [4.78, 5) is 4.09. The van der Waals surface area contributed by atoms with Crippen LogP contribution in [-0.4, -0.2) is 59.8 Å². The maximum atomic E-state index is 12.0. The molecule has 9 heteroatoms. The van der Waals surface area contributed by atoms with Crippen molar-refractivity contribution in [1.82, 2.24) is 25.4 Å². The second-order valence-corrected chi connectivity index (χ2v) is 9.01. The van der Waals surface area contributed by atoms with E-state index in [1.165, 1.54) is 0 Å². The molecule has 1 aromatic heterocycles. The Labute approximate surface area is 138 Å². The summed E-state index contributed by atoms with van der Waals surface area (Å²) in [5, 5.41) is 14.1. The lowest BCUT2D eigenvalue weighted by Gasteiger charge is -2.19. The van der Waals surface area contributed by atoms with Crippen molar-refractivity contribution in [2.24, 2.45) is 4.99 Å². The van der Waals surface area contributed by atoms with Gasteiger partial charge in [0.2, 0.25) is 0 Å². The molecule has 0 fully saturated rings. The summed E-state index contributed by atoms with van der Waals surface area (Å²) in [5.74, 6) is 1.59. The summed E-state index contributed by atoms with van der Waals surface area (Å²) >= 11 is 0. The highest BCUT2D eigenvalue weighted by Gasteiger charge is 2.28. The minimum atomic E-state index is -3.13. The van der Waals surface area contributed by atoms with Gasteiger partial charge in [0.05, 0.1) is 10.5 Å². The minimum absolute atomic E-state index is 0.0720. The van der Waals surface area contributed by atoms with Crippen LogP contribution < -0.4 is 10.6 Å². The third kappa shape index (κ3) is 5.81. The van der Waals surface area contributed by atoms with E-state index in [1.54, 1.807) is 34.1 Å². The van der Waals surface area contributed by atoms with Crippen LogP contribution in [0.3, 0.4) is 0 Å². The molecule has 2 N–H and O–H groups in total. The largest absolute Gasteiger partial charge is 0.355 e. The normalized spacial score (nSPS) is 13.2. The van der Waals surface area contributed by atoms with Crippen LogP contribution in [-0.2, 0) is 22.8 Å². The van der Waals surface area contributed by atoms with E-state index in [0.717, 1.165) is 18.8 Å². The third-order valence-electron chi connectivity index (χ3n) is 3.48. The van der Waals surface area contributed by atoms with Gasteiger partial charge in [-0.2, -0.15) is 0 Å². The Morgan fingerprint density at radius 3 is 2.52 bits per heavy atom. The minimum Gasteiger partial charge on any atom is -0.355 e. The molecular weight excluding hydrogens is 316 g/mol. The molecule has 1 aromatic rings. The number of aryl methyl sites for hydroxylation is 1. The maximum absolute atomic E-state index is 12.0. The average Bonchev–Trinajstić information content (AvgIpc) is 2.91. The first-order valence-electron chi connectivity index (χ1n) is 7.74. The molecule has 8 nitrogen and oxygen atoms in total. The number of hydrogen-bond donors (Lipinski definition) is 2. The number of hydrogen-bond acceptors (Lipinski definition) is 5. The van der Waals surface area contributed by atoms with Gasteiger partial charge in [-0.05, 0) is 20.8 Å². The molecule has 1 heterocycles. The van der Waals surface area contributed by atoms with Crippen LogP contribution in [0.5, 0.6) is 0 Å². The fourth-order valence-electron chi connectivity index (χ4n) is 1.86. The van der Waals surface area contributed by atoms with Crippen LogP contribution >= 0.6 is 0 Å². The molecule has 0 spiro atoms. The fourth-order valence-corrected chi connectivity index (χ4v) is 2.85. The van der Waals surface area contributed by atoms with Gasteiger partial charge in [0.1, 0.15) is 12.2 Å². The summed E-state index contributed by atoms with van der Waals surface area (Å²) in [5.41, 5.74) is 0. The van der Waals surface area contributed by atoms with Gasteiger partial charge in [-0.3, -0.25) is 4.99 Å². The molecule has 132 valence electrons. The Bertz CT molecular complexity index is 615. The second-order valence-electron chi connectivity index (χ2n) is 6.15. The molecule has 0 aromatic carbocycles. The molecule has 0 aliphatic heterocycles. The summed E-state index contributed by atoms with van der Waals surface area (Å²) in [7, 11) is -1.48. The third-order valence-corrected chi connectivity index (χ3v) is 6.08. The van der Waals surface area contributed by atoms with Crippen LogP contribution in [0.2, 0.25) is 0 Å². The summed E-state index contributed by atoms with van der Waals surface area (Å²) in [6.07, 6.45) is 2.53. The number of nitrogens with one attached hydrogen (secondary N) is 2. The van der Waals surface area contributed by atoms with Crippen molar-refractivity contribution in [2.45, 2.75) is 45.4 Å². The first-order valence-corrected chi connectivity index (χ1v) is 9.40. The van der Waals surface area contributed by atoms with Gasteiger partial charge in [0.25, 0.3) is 0 Å². The molecule has 0 amide bonds. The lowest BCUT2D eigenvalue weighted by atomic mass is 10.3. The monoisotopic (exact) mass is 344 g/mol. The smallest absolute Gasteiger partial charge is 0.191 e. The van der Waals surface area contributed by atoms with Crippen LogP contribution in [0.15, 0.2) is 11.3 Å². The fraction of sp³-hybridized carbons (Fsp3) is 0.786. The Balaban J connectivity index is 2.39. The quantitative estimate of drug-likeness (QED) is 0.542. The van der Waals surface area contributed by atoms with E-state index < -0.39 is 14.6 Å². The molecule has 0 saturated carbocycles. The van der Waals surface area contributed by atoms with E-state index in [2.05, 4.69) is 25.8 Å². The van der Waals surface area contributed by atoms with Crippen molar-refractivity contribution in [2.75, 3.05) is 25.9 Å².